The Bertz CT molecular complexity index is 833. The molecule has 0 radical (unpaired) electrons. The first kappa shape index (κ1) is 17.8. The second-order valence-electron chi connectivity index (χ2n) is 5.23. The van der Waals surface area contributed by atoms with Gasteiger partial charge in [-0.3, -0.25) is 9.59 Å². The Morgan fingerprint density at radius 2 is 1.62 bits per heavy atom. The Balaban J connectivity index is 2.05. The molecule has 0 fully saturated rings. The molecule has 2 aromatic rings. The van der Waals surface area contributed by atoms with Gasteiger partial charge in [-0.1, -0.05) is 30.3 Å². The SMILES string of the molecule is CC(C(=O)c1ccccc1)S(=O)(=O)CC(=O)Nc1ccc(F)cc1. The molecule has 1 amide bonds. The zero-order valence-electron chi connectivity index (χ0n) is 12.9. The van der Waals surface area contributed by atoms with Crippen molar-refractivity contribution in [3.05, 3.63) is 66.0 Å². The van der Waals surface area contributed by atoms with Crippen molar-refractivity contribution in [2.75, 3.05) is 11.1 Å². The number of carbonyl (C=O) groups is 2. The van der Waals surface area contributed by atoms with Gasteiger partial charge >= 0.3 is 0 Å². The Labute approximate surface area is 139 Å². The molecule has 1 N–H and O–H groups in total. The van der Waals surface area contributed by atoms with Crippen molar-refractivity contribution in [2.24, 2.45) is 0 Å². The van der Waals surface area contributed by atoms with Crippen molar-refractivity contribution in [1.29, 1.82) is 0 Å². The van der Waals surface area contributed by atoms with Gasteiger partial charge in [0.05, 0.1) is 0 Å². The van der Waals surface area contributed by atoms with Gasteiger partial charge in [0.15, 0.2) is 15.6 Å². The number of sulfone groups is 1. The van der Waals surface area contributed by atoms with Crippen LogP contribution in [0.5, 0.6) is 0 Å². The van der Waals surface area contributed by atoms with E-state index in [-0.39, 0.29) is 11.3 Å². The second kappa shape index (κ2) is 7.35. The third-order valence-electron chi connectivity index (χ3n) is 3.43. The number of Topliss-reactive ketones (excluding diaryl/α,β-unsaturated/α-hetero) is 1. The normalized spacial score (nSPS) is 12.4. The van der Waals surface area contributed by atoms with Gasteiger partial charge in [0.1, 0.15) is 16.8 Å². The highest BCUT2D eigenvalue weighted by Gasteiger charge is 2.30. The van der Waals surface area contributed by atoms with Gasteiger partial charge in [-0.2, -0.15) is 0 Å². The van der Waals surface area contributed by atoms with Gasteiger partial charge < -0.3 is 5.32 Å². The third-order valence-corrected chi connectivity index (χ3v) is 5.38. The number of halogens is 1. The van der Waals surface area contributed by atoms with E-state index >= 15 is 0 Å². The summed E-state index contributed by atoms with van der Waals surface area (Å²) in [5, 5.41) is 1.03. The van der Waals surface area contributed by atoms with Crippen molar-refractivity contribution in [1.82, 2.24) is 0 Å². The Morgan fingerprint density at radius 3 is 2.21 bits per heavy atom. The number of benzene rings is 2. The maximum absolute atomic E-state index is 12.8. The molecule has 0 aliphatic heterocycles. The number of amides is 1. The summed E-state index contributed by atoms with van der Waals surface area (Å²) < 4.78 is 37.3. The van der Waals surface area contributed by atoms with E-state index in [0.29, 0.717) is 0 Å². The minimum Gasteiger partial charge on any atom is -0.325 e. The zero-order chi connectivity index (χ0) is 17.7. The molecule has 1 unspecified atom stereocenters. The van der Waals surface area contributed by atoms with Crippen LogP contribution >= 0.6 is 0 Å². The monoisotopic (exact) mass is 349 g/mol. The van der Waals surface area contributed by atoms with E-state index < -0.39 is 38.3 Å². The quantitative estimate of drug-likeness (QED) is 0.813. The standard InChI is InChI=1S/C17H16FNO4S/c1-12(17(21)13-5-3-2-4-6-13)24(22,23)11-16(20)19-15-9-7-14(18)8-10-15/h2-10,12H,11H2,1H3,(H,19,20). The lowest BCUT2D eigenvalue weighted by Crippen LogP contribution is -2.34. The number of ketones is 1. The number of nitrogens with one attached hydrogen (secondary N) is 1. The number of carbonyl (C=O) groups excluding carboxylic acids is 2. The lowest BCUT2D eigenvalue weighted by Gasteiger charge is -2.12. The Morgan fingerprint density at radius 1 is 1.04 bits per heavy atom. The Kier molecular flexibility index (Phi) is 5.46. The highest BCUT2D eigenvalue weighted by molar-refractivity contribution is 7.93. The van der Waals surface area contributed by atoms with Crippen LogP contribution in [0.3, 0.4) is 0 Å². The summed E-state index contributed by atoms with van der Waals surface area (Å²) in [6.07, 6.45) is 0. The van der Waals surface area contributed by atoms with E-state index in [0.717, 1.165) is 12.1 Å². The molecule has 0 aromatic heterocycles. The lowest BCUT2D eigenvalue weighted by atomic mass is 10.1. The molecule has 0 bridgehead atoms. The second-order valence-corrected chi connectivity index (χ2v) is 7.56. The average Bonchev–Trinajstić information content (AvgIpc) is 2.56. The van der Waals surface area contributed by atoms with Crippen LogP contribution < -0.4 is 5.32 Å². The molecule has 2 rings (SSSR count). The molecule has 0 aliphatic rings. The van der Waals surface area contributed by atoms with Crippen LogP contribution in [-0.4, -0.2) is 31.1 Å². The summed E-state index contributed by atoms with van der Waals surface area (Å²) in [5.74, 6) is -2.65. The molecule has 0 aliphatic carbocycles. The predicted octanol–water partition coefficient (Wildman–Crippen LogP) is 2.45. The average molecular weight is 349 g/mol. The summed E-state index contributed by atoms with van der Waals surface area (Å²) >= 11 is 0. The van der Waals surface area contributed by atoms with E-state index in [1.54, 1.807) is 18.2 Å². The summed E-state index contributed by atoms with van der Waals surface area (Å²) in [6.45, 7) is 1.26. The van der Waals surface area contributed by atoms with Gasteiger partial charge in [0.2, 0.25) is 5.91 Å². The molecule has 24 heavy (non-hydrogen) atoms. The van der Waals surface area contributed by atoms with E-state index in [9.17, 15) is 22.4 Å². The van der Waals surface area contributed by atoms with Gasteiger partial charge in [-0.15, -0.1) is 0 Å². The van der Waals surface area contributed by atoms with Gasteiger partial charge in [0, 0.05) is 11.3 Å². The van der Waals surface area contributed by atoms with Crippen LogP contribution in [0.25, 0.3) is 0 Å². The van der Waals surface area contributed by atoms with Crippen molar-refractivity contribution < 1.29 is 22.4 Å². The molecule has 5 nitrogen and oxygen atoms in total. The molecule has 0 heterocycles. The fourth-order valence-electron chi connectivity index (χ4n) is 2.04. The van der Waals surface area contributed by atoms with Crippen LogP contribution in [0.4, 0.5) is 10.1 Å². The first-order chi connectivity index (χ1) is 11.3. The van der Waals surface area contributed by atoms with E-state index in [2.05, 4.69) is 5.32 Å². The Hall–Kier alpha value is -2.54. The van der Waals surface area contributed by atoms with Crippen molar-refractivity contribution >= 4 is 27.2 Å². The minimum atomic E-state index is -3.97. The lowest BCUT2D eigenvalue weighted by molar-refractivity contribution is -0.113. The summed E-state index contributed by atoms with van der Waals surface area (Å²) in [6, 6.07) is 12.9. The number of hydrogen-bond donors (Lipinski definition) is 1. The molecular formula is C17H16FNO4S. The van der Waals surface area contributed by atoms with Gasteiger partial charge in [-0.05, 0) is 31.2 Å². The molecule has 2 aromatic carbocycles. The number of rotatable bonds is 6. The van der Waals surface area contributed by atoms with E-state index in [1.165, 1.54) is 31.2 Å². The van der Waals surface area contributed by atoms with Gasteiger partial charge in [-0.25, -0.2) is 12.8 Å². The summed E-state index contributed by atoms with van der Waals surface area (Å²) in [7, 11) is -3.97. The van der Waals surface area contributed by atoms with Crippen molar-refractivity contribution in [3.8, 4) is 0 Å². The van der Waals surface area contributed by atoms with Crippen LogP contribution in [0.2, 0.25) is 0 Å². The largest absolute Gasteiger partial charge is 0.325 e. The minimum absolute atomic E-state index is 0.271. The summed E-state index contributed by atoms with van der Waals surface area (Å²) in [4.78, 5) is 24.1. The molecule has 1 atom stereocenters. The third kappa shape index (κ3) is 4.48. The number of hydrogen-bond acceptors (Lipinski definition) is 4. The molecule has 7 heteroatoms. The van der Waals surface area contributed by atoms with Crippen LogP contribution in [0.1, 0.15) is 17.3 Å². The highest BCUT2D eigenvalue weighted by Crippen LogP contribution is 2.13. The van der Waals surface area contributed by atoms with Crippen molar-refractivity contribution in [3.63, 3.8) is 0 Å². The molecule has 0 saturated heterocycles. The fourth-order valence-corrected chi connectivity index (χ4v) is 3.19. The fraction of sp³-hybridized carbons (Fsp3) is 0.176. The zero-order valence-corrected chi connectivity index (χ0v) is 13.7. The smallest absolute Gasteiger partial charge is 0.239 e. The maximum Gasteiger partial charge on any atom is 0.239 e. The highest BCUT2D eigenvalue weighted by atomic mass is 32.2. The van der Waals surface area contributed by atoms with Crippen LogP contribution in [0, 0.1) is 5.82 Å². The number of anilines is 1. The van der Waals surface area contributed by atoms with E-state index in [4.69, 9.17) is 0 Å². The molecular weight excluding hydrogens is 333 g/mol. The maximum atomic E-state index is 12.8. The summed E-state index contributed by atoms with van der Waals surface area (Å²) in [5.41, 5.74) is 0.547. The van der Waals surface area contributed by atoms with Gasteiger partial charge in [0.25, 0.3) is 0 Å². The van der Waals surface area contributed by atoms with Crippen LogP contribution in [0.15, 0.2) is 54.6 Å². The topological polar surface area (TPSA) is 80.3 Å². The molecule has 0 spiro atoms. The van der Waals surface area contributed by atoms with E-state index in [1.807, 2.05) is 0 Å². The first-order valence-corrected chi connectivity index (χ1v) is 8.87. The molecule has 0 saturated carbocycles. The molecule has 126 valence electrons. The van der Waals surface area contributed by atoms with Crippen molar-refractivity contribution in [2.45, 2.75) is 12.2 Å². The predicted molar refractivity (Wildman–Crippen MR) is 89.1 cm³/mol. The first-order valence-electron chi connectivity index (χ1n) is 7.16. The van der Waals surface area contributed by atoms with Crippen LogP contribution in [-0.2, 0) is 14.6 Å².